The fraction of sp³-hybridized carbons (Fsp3) is 0.273. The van der Waals surface area contributed by atoms with Gasteiger partial charge >= 0.3 is 0 Å². The van der Waals surface area contributed by atoms with Gasteiger partial charge in [0.1, 0.15) is 11.5 Å². The molecule has 1 aliphatic carbocycles. The number of H-pyrrole nitrogens is 1. The maximum absolute atomic E-state index is 13.3. The highest BCUT2D eigenvalue weighted by atomic mass is 16.3. The maximum atomic E-state index is 13.3. The Morgan fingerprint density at radius 3 is 2.34 bits per heavy atom. The van der Waals surface area contributed by atoms with E-state index in [-0.39, 0.29) is 33.9 Å². The number of hydrogen-bond acceptors (Lipinski definition) is 6. The standard InChI is InChI=1S/C22H21N3O4/c26-19-13-5-1-2-6-14(13)20(27)17-16(19)21(28)15-11(9-25-18(15)22(17)29)8-24-12-4-3-7-23-10-12/h1-2,5-6,9,12,23-27H,3-4,7-8,10H2. The normalized spacial score (nSPS) is 18.7. The number of aromatic hydroxyl groups is 2. The number of aromatic amines is 1. The van der Waals surface area contributed by atoms with Crippen molar-refractivity contribution in [3.8, 4) is 11.5 Å². The van der Waals surface area contributed by atoms with Crippen LogP contribution in [0.25, 0.3) is 10.8 Å². The van der Waals surface area contributed by atoms with Gasteiger partial charge < -0.3 is 25.8 Å². The lowest BCUT2D eigenvalue weighted by molar-refractivity contribution is 0.0972. The van der Waals surface area contributed by atoms with Crippen molar-refractivity contribution in [1.29, 1.82) is 0 Å². The Morgan fingerprint density at radius 2 is 1.69 bits per heavy atom. The minimum atomic E-state index is -0.487. The van der Waals surface area contributed by atoms with E-state index in [2.05, 4.69) is 15.6 Å². The average molecular weight is 391 g/mol. The number of aromatic nitrogens is 1. The third-order valence-electron chi connectivity index (χ3n) is 5.91. The molecule has 0 spiro atoms. The van der Waals surface area contributed by atoms with Crippen molar-refractivity contribution in [2.24, 2.45) is 0 Å². The first kappa shape index (κ1) is 17.9. The molecule has 1 aromatic heterocycles. The number of rotatable bonds is 3. The molecule has 1 atom stereocenters. The first-order chi connectivity index (χ1) is 14.1. The second-order valence-electron chi connectivity index (χ2n) is 7.64. The second kappa shape index (κ2) is 6.72. The summed E-state index contributed by atoms with van der Waals surface area (Å²) in [5, 5.41) is 28.9. The molecule has 2 aliphatic rings. The summed E-state index contributed by atoms with van der Waals surface area (Å²) in [6, 6.07) is 6.94. The van der Waals surface area contributed by atoms with Crippen LogP contribution >= 0.6 is 0 Å². The molecule has 5 rings (SSSR count). The van der Waals surface area contributed by atoms with E-state index in [1.165, 1.54) is 0 Å². The van der Waals surface area contributed by atoms with Crippen LogP contribution in [0.4, 0.5) is 0 Å². The van der Waals surface area contributed by atoms with Crippen molar-refractivity contribution in [2.75, 3.05) is 13.1 Å². The van der Waals surface area contributed by atoms with Gasteiger partial charge in [-0.05, 0) is 24.9 Å². The van der Waals surface area contributed by atoms with Crippen molar-refractivity contribution in [2.45, 2.75) is 25.4 Å². The molecular weight excluding hydrogens is 370 g/mol. The molecule has 7 nitrogen and oxygen atoms in total. The molecule has 0 amide bonds. The van der Waals surface area contributed by atoms with Gasteiger partial charge in [0.2, 0.25) is 5.78 Å². The van der Waals surface area contributed by atoms with E-state index >= 15 is 0 Å². The topological polar surface area (TPSA) is 114 Å². The molecule has 1 aliphatic heterocycles. The Balaban J connectivity index is 1.58. The Bertz CT molecular complexity index is 1160. The summed E-state index contributed by atoms with van der Waals surface area (Å²) in [5.41, 5.74) is 0.840. The number of carbonyl (C=O) groups excluding carboxylic acids is 2. The van der Waals surface area contributed by atoms with Gasteiger partial charge in [0, 0.05) is 36.1 Å². The molecule has 3 aromatic rings. The minimum Gasteiger partial charge on any atom is -0.506 e. The van der Waals surface area contributed by atoms with E-state index in [0.29, 0.717) is 28.9 Å². The summed E-state index contributed by atoms with van der Waals surface area (Å²) in [5.74, 6) is -1.49. The van der Waals surface area contributed by atoms with E-state index in [9.17, 15) is 19.8 Å². The van der Waals surface area contributed by atoms with Crippen molar-refractivity contribution in [3.05, 3.63) is 58.4 Å². The molecule has 148 valence electrons. The Labute approximate surface area is 166 Å². The summed E-state index contributed by atoms with van der Waals surface area (Å²) in [6.45, 7) is 2.31. The molecule has 2 aromatic carbocycles. The number of ketones is 2. The van der Waals surface area contributed by atoms with Gasteiger partial charge in [0.05, 0.1) is 22.4 Å². The maximum Gasteiger partial charge on any atom is 0.214 e. The molecule has 2 heterocycles. The summed E-state index contributed by atoms with van der Waals surface area (Å²) in [7, 11) is 0. The van der Waals surface area contributed by atoms with Crippen LogP contribution in [-0.2, 0) is 6.54 Å². The number of hydrogen-bond donors (Lipinski definition) is 5. The lowest BCUT2D eigenvalue weighted by atomic mass is 9.83. The molecule has 5 N–H and O–H groups in total. The van der Waals surface area contributed by atoms with Crippen LogP contribution in [0.1, 0.15) is 50.4 Å². The Morgan fingerprint density at radius 1 is 1.00 bits per heavy atom. The molecule has 1 saturated heterocycles. The molecule has 1 unspecified atom stereocenters. The number of phenols is 2. The highest BCUT2D eigenvalue weighted by Gasteiger charge is 2.38. The summed E-state index contributed by atoms with van der Waals surface area (Å²) < 4.78 is 0. The fourth-order valence-corrected chi connectivity index (χ4v) is 4.42. The number of nitrogens with one attached hydrogen (secondary N) is 3. The van der Waals surface area contributed by atoms with E-state index in [1.807, 2.05) is 0 Å². The lowest BCUT2D eigenvalue weighted by Crippen LogP contribution is -2.42. The fourth-order valence-electron chi connectivity index (χ4n) is 4.42. The number of piperidine rings is 1. The molecular formula is C22H21N3O4. The third-order valence-corrected chi connectivity index (χ3v) is 5.91. The predicted molar refractivity (Wildman–Crippen MR) is 108 cm³/mol. The zero-order valence-corrected chi connectivity index (χ0v) is 15.7. The van der Waals surface area contributed by atoms with Crippen LogP contribution in [0, 0.1) is 0 Å². The van der Waals surface area contributed by atoms with E-state index in [0.717, 1.165) is 25.9 Å². The molecule has 0 radical (unpaired) electrons. The second-order valence-corrected chi connectivity index (χ2v) is 7.64. The van der Waals surface area contributed by atoms with E-state index < -0.39 is 11.6 Å². The number of carbonyl (C=O) groups is 2. The first-order valence-electron chi connectivity index (χ1n) is 9.78. The van der Waals surface area contributed by atoms with Crippen molar-refractivity contribution in [3.63, 3.8) is 0 Å². The van der Waals surface area contributed by atoms with Crippen molar-refractivity contribution < 1.29 is 19.8 Å². The summed E-state index contributed by atoms with van der Waals surface area (Å²) in [6.07, 6.45) is 3.80. The zero-order chi connectivity index (χ0) is 20.1. The number of phenolic OH excluding ortho intramolecular Hbond substituents is 2. The highest BCUT2D eigenvalue weighted by molar-refractivity contribution is 6.32. The van der Waals surface area contributed by atoms with Gasteiger partial charge in [-0.15, -0.1) is 0 Å². The van der Waals surface area contributed by atoms with E-state index in [4.69, 9.17) is 0 Å². The van der Waals surface area contributed by atoms with Gasteiger partial charge in [0.25, 0.3) is 0 Å². The monoisotopic (exact) mass is 391 g/mol. The predicted octanol–water partition coefficient (Wildman–Crippen LogP) is 2.20. The Kier molecular flexibility index (Phi) is 4.15. The quantitative estimate of drug-likeness (QED) is 0.342. The highest BCUT2D eigenvalue weighted by Crippen LogP contribution is 2.44. The smallest absolute Gasteiger partial charge is 0.214 e. The van der Waals surface area contributed by atoms with Crippen LogP contribution in [0.5, 0.6) is 11.5 Å². The SMILES string of the molecule is O=C1c2[nH]cc(CNC3CCCNC3)c2C(=O)c2c1c(O)c1ccccc1c2O. The van der Waals surface area contributed by atoms with Crippen LogP contribution in [0.3, 0.4) is 0 Å². The largest absolute Gasteiger partial charge is 0.506 e. The van der Waals surface area contributed by atoms with E-state index in [1.54, 1.807) is 30.5 Å². The minimum absolute atomic E-state index is 0.126. The summed E-state index contributed by atoms with van der Waals surface area (Å²) in [4.78, 5) is 29.3. The van der Waals surface area contributed by atoms with Crippen LogP contribution in [0.15, 0.2) is 30.5 Å². The van der Waals surface area contributed by atoms with Crippen LogP contribution in [0.2, 0.25) is 0 Å². The number of benzene rings is 2. The third kappa shape index (κ3) is 2.66. The molecule has 7 heteroatoms. The summed E-state index contributed by atoms with van der Waals surface area (Å²) >= 11 is 0. The molecule has 29 heavy (non-hydrogen) atoms. The molecule has 1 fully saturated rings. The molecule has 0 bridgehead atoms. The van der Waals surface area contributed by atoms with Crippen molar-refractivity contribution in [1.82, 2.24) is 15.6 Å². The first-order valence-corrected chi connectivity index (χ1v) is 9.78. The van der Waals surface area contributed by atoms with Gasteiger partial charge in [0.15, 0.2) is 5.78 Å². The van der Waals surface area contributed by atoms with Gasteiger partial charge in [-0.3, -0.25) is 9.59 Å². The van der Waals surface area contributed by atoms with Gasteiger partial charge in [-0.25, -0.2) is 0 Å². The Hall–Kier alpha value is -3.16. The number of fused-ring (bicyclic) bond motifs is 3. The van der Waals surface area contributed by atoms with Gasteiger partial charge in [-0.1, -0.05) is 24.3 Å². The van der Waals surface area contributed by atoms with Crippen molar-refractivity contribution >= 4 is 22.3 Å². The zero-order valence-electron chi connectivity index (χ0n) is 15.7. The van der Waals surface area contributed by atoms with Crippen LogP contribution in [-0.4, -0.2) is 45.9 Å². The average Bonchev–Trinajstić information content (AvgIpc) is 3.18. The lowest BCUT2D eigenvalue weighted by Gasteiger charge is -2.24. The van der Waals surface area contributed by atoms with Gasteiger partial charge in [-0.2, -0.15) is 0 Å². The van der Waals surface area contributed by atoms with Crippen LogP contribution < -0.4 is 10.6 Å². The molecule has 0 saturated carbocycles.